The average molecular weight is 1030 g/mol. The standard InChI is InChI=1S/C61H120O11/c1(19-39-62-41-21-3-5-23-43-64-45-25-7-9-27-47-66-49-29-11-13-31-51-68-53-33-15-17-35-55-70-57-60-37-38-60)2-20-40-63-42-22-4-6-24-44-65-46-26-8-10-28-48-67-50-30-12-14-32-52-69-54-34-16-18-36-56-71-58-61-59-72-61/h60-61H,1-59H2. The molecule has 0 radical (unpaired) electrons. The van der Waals surface area contributed by atoms with E-state index in [1.54, 1.807) is 0 Å². The van der Waals surface area contributed by atoms with Gasteiger partial charge in [-0.3, -0.25) is 0 Å². The lowest BCUT2D eigenvalue weighted by Gasteiger charge is -2.07. The third-order valence-corrected chi connectivity index (χ3v) is 13.7. The third kappa shape index (κ3) is 58.8. The largest absolute Gasteiger partial charge is 0.381 e. The minimum Gasteiger partial charge on any atom is -0.381 e. The van der Waals surface area contributed by atoms with Gasteiger partial charge in [-0.1, -0.05) is 116 Å². The van der Waals surface area contributed by atoms with Gasteiger partial charge in [0, 0.05) is 126 Å². The van der Waals surface area contributed by atoms with Crippen molar-refractivity contribution in [3.05, 3.63) is 0 Å². The first-order valence-electron chi connectivity index (χ1n) is 31.3. The maximum absolute atomic E-state index is 5.87. The summed E-state index contributed by atoms with van der Waals surface area (Å²) in [6.07, 6.45) is 46.6. The van der Waals surface area contributed by atoms with Gasteiger partial charge in [0.2, 0.25) is 0 Å². The van der Waals surface area contributed by atoms with Crippen LogP contribution in [0.5, 0.6) is 0 Å². The number of rotatable bonds is 67. The summed E-state index contributed by atoms with van der Waals surface area (Å²) >= 11 is 0. The number of unbranched alkanes of at least 4 members (excludes halogenated alkanes) is 27. The van der Waals surface area contributed by atoms with Crippen molar-refractivity contribution in [1.29, 1.82) is 0 Å². The van der Waals surface area contributed by atoms with Gasteiger partial charge in [0.05, 0.1) is 13.2 Å². The van der Waals surface area contributed by atoms with Crippen molar-refractivity contribution in [1.82, 2.24) is 0 Å². The molecule has 11 nitrogen and oxygen atoms in total. The average Bonchev–Trinajstić information content (AvgIpc) is 4.35. The Morgan fingerprint density at radius 3 is 0.500 bits per heavy atom. The van der Waals surface area contributed by atoms with E-state index < -0.39 is 0 Å². The lowest BCUT2D eigenvalue weighted by atomic mass is 10.2. The Morgan fingerprint density at radius 2 is 0.347 bits per heavy atom. The number of epoxide rings is 1. The van der Waals surface area contributed by atoms with E-state index in [9.17, 15) is 0 Å². The zero-order valence-corrected chi connectivity index (χ0v) is 47.4. The molecule has 0 bridgehead atoms. The Hall–Kier alpha value is -0.440. The number of ether oxygens (including phenoxy) is 11. The van der Waals surface area contributed by atoms with E-state index in [-0.39, 0.29) is 0 Å². The van der Waals surface area contributed by atoms with Crippen molar-refractivity contribution in [3.8, 4) is 0 Å². The van der Waals surface area contributed by atoms with Crippen LogP contribution in [0.4, 0.5) is 0 Å². The van der Waals surface area contributed by atoms with Gasteiger partial charge >= 0.3 is 0 Å². The van der Waals surface area contributed by atoms with Gasteiger partial charge in [0.1, 0.15) is 6.10 Å². The molecule has 1 saturated heterocycles. The summed E-state index contributed by atoms with van der Waals surface area (Å²) in [6, 6.07) is 0. The van der Waals surface area contributed by atoms with E-state index in [0.29, 0.717) is 6.10 Å². The fraction of sp³-hybridized carbons (Fsp3) is 1.00. The summed E-state index contributed by atoms with van der Waals surface area (Å²) in [4.78, 5) is 0. The minimum absolute atomic E-state index is 0.386. The third-order valence-electron chi connectivity index (χ3n) is 13.7. The molecule has 1 aliphatic carbocycles. The van der Waals surface area contributed by atoms with E-state index in [1.165, 1.54) is 231 Å². The smallest absolute Gasteiger partial charge is 0.104 e. The Kier molecular flexibility index (Phi) is 56.2. The lowest BCUT2D eigenvalue weighted by molar-refractivity contribution is 0.108. The molecule has 0 aromatic rings. The van der Waals surface area contributed by atoms with E-state index in [0.717, 1.165) is 158 Å². The predicted octanol–water partition coefficient (Wildman–Crippen LogP) is 15.0. The van der Waals surface area contributed by atoms with Crippen LogP contribution in [0.2, 0.25) is 0 Å². The molecule has 2 fully saturated rings. The molecule has 2 aliphatic rings. The second-order valence-electron chi connectivity index (χ2n) is 21.2. The van der Waals surface area contributed by atoms with Gasteiger partial charge in [-0.2, -0.15) is 0 Å². The maximum atomic E-state index is 5.87. The van der Waals surface area contributed by atoms with Crippen molar-refractivity contribution < 1.29 is 52.1 Å². The molecule has 1 unspecified atom stereocenters. The van der Waals surface area contributed by atoms with Crippen molar-refractivity contribution in [2.24, 2.45) is 5.92 Å². The Labute approximate surface area is 445 Å². The highest BCUT2D eigenvalue weighted by atomic mass is 16.6. The molecular formula is C61H120O11. The van der Waals surface area contributed by atoms with E-state index in [1.807, 2.05) is 0 Å². The number of hydrogen-bond acceptors (Lipinski definition) is 11. The zero-order chi connectivity index (χ0) is 50.7. The molecule has 1 saturated carbocycles. The first-order valence-corrected chi connectivity index (χ1v) is 31.3. The van der Waals surface area contributed by atoms with Crippen LogP contribution >= 0.6 is 0 Å². The molecule has 0 spiro atoms. The second-order valence-corrected chi connectivity index (χ2v) is 21.2. The second kappa shape index (κ2) is 59.8. The van der Waals surface area contributed by atoms with Crippen LogP contribution in [0.15, 0.2) is 0 Å². The molecule has 1 atom stereocenters. The van der Waals surface area contributed by atoms with Crippen LogP contribution < -0.4 is 0 Å². The summed E-state index contributed by atoms with van der Waals surface area (Å²) < 4.78 is 63.2. The van der Waals surface area contributed by atoms with Gasteiger partial charge in [-0.25, -0.2) is 0 Å². The van der Waals surface area contributed by atoms with Crippen LogP contribution in [0.3, 0.4) is 0 Å². The Morgan fingerprint density at radius 1 is 0.194 bits per heavy atom. The molecule has 0 aromatic carbocycles. The summed E-state index contributed by atoms with van der Waals surface area (Å²) in [5.74, 6) is 0.886. The normalized spacial score (nSPS) is 14.6. The van der Waals surface area contributed by atoms with Gasteiger partial charge in [0.15, 0.2) is 0 Å². The molecule has 430 valence electrons. The van der Waals surface area contributed by atoms with Crippen molar-refractivity contribution in [2.75, 3.05) is 139 Å². The van der Waals surface area contributed by atoms with Gasteiger partial charge in [-0.15, -0.1) is 0 Å². The molecule has 0 N–H and O–H groups in total. The molecule has 1 aliphatic heterocycles. The summed E-state index contributed by atoms with van der Waals surface area (Å²) in [7, 11) is 0. The van der Waals surface area contributed by atoms with Gasteiger partial charge in [-0.05, 0) is 134 Å². The predicted molar refractivity (Wildman–Crippen MR) is 297 cm³/mol. The molecule has 0 amide bonds. The fourth-order valence-electron chi connectivity index (χ4n) is 8.59. The van der Waals surface area contributed by atoms with Crippen molar-refractivity contribution in [3.63, 3.8) is 0 Å². The van der Waals surface area contributed by atoms with E-state index in [4.69, 9.17) is 52.1 Å². The molecular weight excluding hydrogens is 909 g/mol. The van der Waals surface area contributed by atoms with Crippen LogP contribution in [-0.4, -0.2) is 145 Å². The van der Waals surface area contributed by atoms with Crippen molar-refractivity contribution >= 4 is 0 Å². The lowest BCUT2D eigenvalue weighted by Crippen LogP contribution is -2.03. The zero-order valence-electron chi connectivity index (χ0n) is 47.4. The summed E-state index contributed by atoms with van der Waals surface area (Å²) in [5.41, 5.74) is 0. The van der Waals surface area contributed by atoms with Crippen LogP contribution in [-0.2, 0) is 52.1 Å². The Bertz CT molecular complexity index is 910. The fourth-order valence-corrected chi connectivity index (χ4v) is 8.59. The molecule has 72 heavy (non-hydrogen) atoms. The first-order chi connectivity index (χ1) is 35.9. The van der Waals surface area contributed by atoms with Gasteiger partial charge < -0.3 is 52.1 Å². The van der Waals surface area contributed by atoms with Crippen LogP contribution in [0.1, 0.15) is 244 Å². The van der Waals surface area contributed by atoms with Crippen LogP contribution in [0.25, 0.3) is 0 Å². The quantitative estimate of drug-likeness (QED) is 0.0430. The summed E-state index contributed by atoms with van der Waals surface area (Å²) in [6.45, 7) is 18.9. The topological polar surface area (TPSA) is 105 Å². The highest BCUT2D eigenvalue weighted by molar-refractivity contribution is 4.72. The minimum atomic E-state index is 0.386. The highest BCUT2D eigenvalue weighted by Crippen LogP contribution is 2.28. The van der Waals surface area contributed by atoms with Crippen LogP contribution in [0, 0.1) is 5.92 Å². The first kappa shape index (κ1) is 67.7. The molecule has 2 rings (SSSR count). The van der Waals surface area contributed by atoms with E-state index in [2.05, 4.69) is 0 Å². The number of hydrogen-bond donors (Lipinski definition) is 0. The highest BCUT2D eigenvalue weighted by Gasteiger charge is 2.22. The van der Waals surface area contributed by atoms with Gasteiger partial charge in [0.25, 0.3) is 0 Å². The maximum Gasteiger partial charge on any atom is 0.104 e. The SMILES string of the molecule is C(CCCOCCCCCCOCCCCCCOCCCCCCOCCCCCCOCC1CO1)CCOCCCCCCOCCCCCCOCCCCCCOCCCCCCOCC1CC1. The molecule has 0 aromatic heterocycles. The van der Waals surface area contributed by atoms with E-state index >= 15 is 0 Å². The monoisotopic (exact) mass is 1030 g/mol. The molecule has 1 heterocycles. The Balaban J connectivity index is 1.07. The molecule has 11 heteroatoms. The van der Waals surface area contributed by atoms with Crippen molar-refractivity contribution in [2.45, 2.75) is 250 Å². The summed E-state index contributed by atoms with van der Waals surface area (Å²) in [5, 5.41) is 0.